The zero-order valence-electron chi connectivity index (χ0n) is 12.5. The van der Waals surface area contributed by atoms with Crippen LogP contribution in [0.2, 0.25) is 0 Å². The molecule has 0 saturated heterocycles. The van der Waals surface area contributed by atoms with E-state index in [1.54, 1.807) is 0 Å². The van der Waals surface area contributed by atoms with Gasteiger partial charge in [0.15, 0.2) is 0 Å². The van der Waals surface area contributed by atoms with Crippen molar-refractivity contribution in [2.45, 2.75) is 51.7 Å². The summed E-state index contributed by atoms with van der Waals surface area (Å²) < 4.78 is 1.41. The van der Waals surface area contributed by atoms with Gasteiger partial charge in [-0.25, -0.2) is 0 Å². The van der Waals surface area contributed by atoms with Crippen molar-refractivity contribution in [2.24, 2.45) is 5.41 Å². The van der Waals surface area contributed by atoms with Crippen LogP contribution >= 0.6 is 0 Å². The molecule has 1 atom stereocenters. The number of nitrogens with zero attached hydrogens (tertiary/aromatic N) is 3. The summed E-state index contributed by atoms with van der Waals surface area (Å²) in [5, 5.41) is 27.7. The van der Waals surface area contributed by atoms with E-state index in [9.17, 15) is 15.2 Å². The summed E-state index contributed by atoms with van der Waals surface area (Å²) in [4.78, 5) is 10.1. The van der Waals surface area contributed by atoms with E-state index in [0.717, 1.165) is 6.54 Å². The predicted octanol–water partition coefficient (Wildman–Crippen LogP) is 1.71. The molecule has 1 fully saturated rings. The largest absolute Gasteiger partial charge is 0.390 e. The number of aromatic nitrogens is 2. The van der Waals surface area contributed by atoms with Gasteiger partial charge in [-0.2, -0.15) is 5.10 Å². The number of rotatable bonds is 7. The highest BCUT2D eigenvalue weighted by Crippen LogP contribution is 2.34. The molecular formula is C14H24N4O3. The van der Waals surface area contributed by atoms with Crippen molar-refractivity contribution in [3.05, 3.63) is 22.5 Å². The molecule has 1 aromatic heterocycles. The maximum absolute atomic E-state index is 10.6. The van der Waals surface area contributed by atoms with Crippen LogP contribution in [-0.2, 0) is 6.54 Å². The van der Waals surface area contributed by atoms with E-state index >= 15 is 0 Å². The maximum atomic E-state index is 10.6. The molecule has 7 nitrogen and oxygen atoms in total. The minimum absolute atomic E-state index is 0.0510. The molecule has 1 aliphatic rings. The summed E-state index contributed by atoms with van der Waals surface area (Å²) >= 11 is 0. The lowest BCUT2D eigenvalue weighted by Gasteiger charge is -2.34. The van der Waals surface area contributed by atoms with Gasteiger partial charge in [-0.1, -0.05) is 26.2 Å². The average Bonchev–Trinajstić information content (AvgIpc) is 2.88. The van der Waals surface area contributed by atoms with Crippen LogP contribution in [0.5, 0.6) is 0 Å². The van der Waals surface area contributed by atoms with Gasteiger partial charge in [-0.05, 0) is 18.3 Å². The first-order valence-electron chi connectivity index (χ1n) is 7.54. The lowest BCUT2D eigenvalue weighted by Crippen LogP contribution is -2.38. The molecule has 0 radical (unpaired) electrons. The zero-order chi connectivity index (χ0) is 15.3. The Bertz CT molecular complexity index is 469. The molecule has 0 bridgehead atoms. The predicted molar refractivity (Wildman–Crippen MR) is 78.9 cm³/mol. The average molecular weight is 296 g/mol. The number of nitro groups is 1. The van der Waals surface area contributed by atoms with E-state index in [2.05, 4.69) is 17.3 Å². The Morgan fingerprint density at radius 3 is 2.86 bits per heavy atom. The third-order valence-electron chi connectivity index (χ3n) is 4.22. The summed E-state index contributed by atoms with van der Waals surface area (Å²) in [6.45, 7) is 3.94. The molecule has 1 aromatic rings. The highest BCUT2D eigenvalue weighted by molar-refractivity contribution is 5.20. The smallest absolute Gasteiger partial charge is 0.306 e. The van der Waals surface area contributed by atoms with Gasteiger partial charge < -0.3 is 10.4 Å². The molecule has 0 amide bonds. The number of nitrogens with one attached hydrogen (secondary N) is 1. The second-order valence-corrected chi connectivity index (χ2v) is 6.33. The Kier molecular flexibility index (Phi) is 5.30. The maximum Gasteiger partial charge on any atom is 0.306 e. The van der Waals surface area contributed by atoms with Gasteiger partial charge in [-0.3, -0.25) is 14.8 Å². The summed E-state index contributed by atoms with van der Waals surface area (Å²) in [6, 6.07) is 0. The number of aliphatic hydroxyl groups is 1. The van der Waals surface area contributed by atoms with Crippen molar-refractivity contribution in [3.8, 4) is 0 Å². The van der Waals surface area contributed by atoms with E-state index in [1.165, 1.54) is 49.2 Å². The molecule has 0 aromatic carbocycles. The minimum Gasteiger partial charge on any atom is -0.390 e. The van der Waals surface area contributed by atoms with Crippen LogP contribution in [0.1, 0.15) is 39.0 Å². The van der Waals surface area contributed by atoms with Gasteiger partial charge in [0.1, 0.15) is 12.4 Å². The number of aliphatic hydroxyl groups excluding tert-OH is 1. The van der Waals surface area contributed by atoms with Crippen LogP contribution in [0.4, 0.5) is 5.69 Å². The second-order valence-electron chi connectivity index (χ2n) is 6.33. The van der Waals surface area contributed by atoms with E-state index in [1.807, 2.05) is 0 Å². The molecule has 118 valence electrons. The molecule has 1 saturated carbocycles. The third kappa shape index (κ3) is 4.78. The summed E-state index contributed by atoms with van der Waals surface area (Å²) in [5.74, 6) is 0. The van der Waals surface area contributed by atoms with Crippen LogP contribution in [0.25, 0.3) is 0 Å². The normalized spacial score (nSPS) is 19.3. The van der Waals surface area contributed by atoms with Crippen LogP contribution in [-0.4, -0.2) is 39.0 Å². The van der Waals surface area contributed by atoms with Gasteiger partial charge in [0.05, 0.1) is 17.6 Å². The highest BCUT2D eigenvalue weighted by atomic mass is 16.6. The first-order chi connectivity index (χ1) is 9.98. The topological polar surface area (TPSA) is 93.2 Å². The van der Waals surface area contributed by atoms with Crippen molar-refractivity contribution < 1.29 is 10.0 Å². The van der Waals surface area contributed by atoms with E-state index in [-0.39, 0.29) is 12.2 Å². The first-order valence-corrected chi connectivity index (χ1v) is 7.54. The van der Waals surface area contributed by atoms with E-state index in [4.69, 9.17) is 0 Å². The SMILES string of the molecule is CC1(CNCC(O)Cn2cc([N+](=O)[O-])cn2)CCCCC1. The molecule has 2 rings (SSSR count). The summed E-state index contributed by atoms with van der Waals surface area (Å²) in [7, 11) is 0. The molecule has 0 aliphatic heterocycles. The van der Waals surface area contributed by atoms with Gasteiger partial charge >= 0.3 is 5.69 Å². The lowest BCUT2D eigenvalue weighted by atomic mass is 9.76. The minimum atomic E-state index is -0.600. The Morgan fingerprint density at radius 1 is 1.52 bits per heavy atom. The highest BCUT2D eigenvalue weighted by Gasteiger charge is 2.26. The van der Waals surface area contributed by atoms with Gasteiger partial charge in [0, 0.05) is 13.1 Å². The van der Waals surface area contributed by atoms with Crippen LogP contribution < -0.4 is 5.32 Å². The van der Waals surface area contributed by atoms with Crippen LogP contribution in [0, 0.1) is 15.5 Å². The van der Waals surface area contributed by atoms with Gasteiger partial charge in [-0.15, -0.1) is 0 Å². The fraction of sp³-hybridized carbons (Fsp3) is 0.786. The number of hydrogen-bond donors (Lipinski definition) is 2. The molecule has 1 aliphatic carbocycles. The van der Waals surface area contributed by atoms with Crippen molar-refractivity contribution in [2.75, 3.05) is 13.1 Å². The fourth-order valence-corrected chi connectivity index (χ4v) is 2.95. The Morgan fingerprint density at radius 2 is 2.24 bits per heavy atom. The monoisotopic (exact) mass is 296 g/mol. The molecule has 2 N–H and O–H groups in total. The molecular weight excluding hydrogens is 272 g/mol. The van der Waals surface area contributed by atoms with Crippen molar-refractivity contribution in [1.82, 2.24) is 15.1 Å². The van der Waals surface area contributed by atoms with Crippen LogP contribution in [0.15, 0.2) is 12.4 Å². The Balaban J connectivity index is 1.71. The standard InChI is InChI=1S/C14H24N4O3/c1-14(5-3-2-4-6-14)11-15-8-13(19)10-17-9-12(7-16-17)18(20)21/h7,9,13,15,19H,2-6,8,10-11H2,1H3. The third-order valence-corrected chi connectivity index (χ3v) is 4.22. The quantitative estimate of drug-likeness (QED) is 0.590. The van der Waals surface area contributed by atoms with Gasteiger partial charge in [0.25, 0.3) is 0 Å². The summed E-state index contributed by atoms with van der Waals surface area (Å²) in [6.07, 6.45) is 8.32. The van der Waals surface area contributed by atoms with Crippen molar-refractivity contribution in [3.63, 3.8) is 0 Å². The van der Waals surface area contributed by atoms with Crippen molar-refractivity contribution >= 4 is 5.69 Å². The van der Waals surface area contributed by atoms with Gasteiger partial charge in [0.2, 0.25) is 0 Å². The Labute approximate surface area is 124 Å². The van der Waals surface area contributed by atoms with E-state index in [0.29, 0.717) is 12.0 Å². The molecule has 21 heavy (non-hydrogen) atoms. The second kappa shape index (κ2) is 7.00. The number of hydrogen-bond acceptors (Lipinski definition) is 5. The zero-order valence-corrected chi connectivity index (χ0v) is 12.5. The van der Waals surface area contributed by atoms with Crippen molar-refractivity contribution in [1.29, 1.82) is 0 Å². The molecule has 1 heterocycles. The molecule has 1 unspecified atom stereocenters. The first kappa shape index (κ1) is 15.9. The summed E-state index contributed by atoms with van der Waals surface area (Å²) in [5.41, 5.74) is 0.285. The fourth-order valence-electron chi connectivity index (χ4n) is 2.95. The molecule has 0 spiro atoms. The van der Waals surface area contributed by atoms with Crippen LogP contribution in [0.3, 0.4) is 0 Å². The lowest BCUT2D eigenvalue weighted by molar-refractivity contribution is -0.385. The van der Waals surface area contributed by atoms with E-state index < -0.39 is 11.0 Å². The molecule has 7 heteroatoms. The Hall–Kier alpha value is -1.47.